The normalized spacial score (nSPS) is 18.3. The molecule has 1 fully saturated rings. The Morgan fingerprint density at radius 3 is 2.74 bits per heavy atom. The first-order valence-corrected chi connectivity index (χ1v) is 9.48. The molecule has 0 aromatic heterocycles. The topological polar surface area (TPSA) is 66.3 Å². The van der Waals surface area contributed by atoms with Gasteiger partial charge >= 0.3 is 0 Å². The molecule has 0 amide bonds. The van der Waals surface area contributed by atoms with Crippen LogP contribution in [0.1, 0.15) is 30.6 Å². The molecule has 1 heterocycles. The minimum absolute atomic E-state index is 0. The van der Waals surface area contributed by atoms with E-state index in [0.29, 0.717) is 25.7 Å². The molecule has 2 atom stereocenters. The van der Waals surface area contributed by atoms with Gasteiger partial charge in [0.2, 0.25) is 0 Å². The van der Waals surface area contributed by atoms with Gasteiger partial charge in [-0.1, -0.05) is 29.8 Å². The van der Waals surface area contributed by atoms with Crippen LogP contribution in [0.3, 0.4) is 0 Å². The first-order chi connectivity index (χ1) is 12.6. The third-order valence-corrected chi connectivity index (χ3v) is 4.58. The van der Waals surface area contributed by atoms with Gasteiger partial charge in [-0.05, 0) is 25.8 Å². The molecule has 2 rings (SSSR count). The van der Waals surface area contributed by atoms with E-state index in [2.05, 4.69) is 22.1 Å². The third-order valence-electron chi connectivity index (χ3n) is 4.58. The number of guanidine groups is 1. The maximum atomic E-state index is 10.4. The van der Waals surface area contributed by atoms with Crippen LogP contribution in [0.4, 0.5) is 0 Å². The predicted molar refractivity (Wildman–Crippen MR) is 120 cm³/mol. The number of benzene rings is 1. The second kappa shape index (κ2) is 13.3. The van der Waals surface area contributed by atoms with Crippen LogP contribution in [0.2, 0.25) is 0 Å². The number of hydrogen-bond acceptors (Lipinski definition) is 4. The number of aliphatic hydroxyl groups excluding tert-OH is 1. The lowest BCUT2D eigenvalue weighted by molar-refractivity contribution is 0.0536. The van der Waals surface area contributed by atoms with Crippen LogP contribution in [0.5, 0.6) is 0 Å². The number of methoxy groups -OCH3 is 1. The van der Waals surface area contributed by atoms with Crippen LogP contribution in [-0.4, -0.2) is 69.1 Å². The first kappa shape index (κ1) is 24.1. The average Bonchev–Trinajstić information content (AvgIpc) is 3.11. The van der Waals surface area contributed by atoms with E-state index in [1.807, 2.05) is 31.2 Å². The van der Waals surface area contributed by atoms with Gasteiger partial charge in [0.05, 0.1) is 32.5 Å². The molecule has 6 nitrogen and oxygen atoms in total. The van der Waals surface area contributed by atoms with Crippen molar-refractivity contribution in [3.63, 3.8) is 0 Å². The molecule has 27 heavy (non-hydrogen) atoms. The number of halogens is 1. The van der Waals surface area contributed by atoms with Gasteiger partial charge in [-0.15, -0.1) is 24.0 Å². The molecule has 7 heteroatoms. The smallest absolute Gasteiger partial charge is 0.194 e. The Labute approximate surface area is 180 Å². The van der Waals surface area contributed by atoms with Gasteiger partial charge in [-0.2, -0.15) is 0 Å². The van der Waals surface area contributed by atoms with Crippen molar-refractivity contribution >= 4 is 29.9 Å². The van der Waals surface area contributed by atoms with Gasteiger partial charge in [-0.25, -0.2) is 0 Å². The van der Waals surface area contributed by atoms with Gasteiger partial charge in [0.25, 0.3) is 0 Å². The summed E-state index contributed by atoms with van der Waals surface area (Å²) < 4.78 is 10.7. The molecule has 1 aliphatic heterocycles. The van der Waals surface area contributed by atoms with Gasteiger partial charge < -0.3 is 24.8 Å². The van der Waals surface area contributed by atoms with Gasteiger partial charge in [-0.3, -0.25) is 4.99 Å². The highest BCUT2D eigenvalue weighted by molar-refractivity contribution is 14.0. The van der Waals surface area contributed by atoms with Crippen LogP contribution in [-0.2, 0) is 9.47 Å². The zero-order chi connectivity index (χ0) is 18.8. The lowest BCUT2D eigenvalue weighted by Gasteiger charge is -2.22. The molecule has 1 aromatic rings. The summed E-state index contributed by atoms with van der Waals surface area (Å²) in [5.41, 5.74) is 2.09. The first-order valence-electron chi connectivity index (χ1n) is 9.48. The van der Waals surface area contributed by atoms with E-state index in [9.17, 15) is 5.11 Å². The number of aliphatic hydroxyl groups is 1. The van der Waals surface area contributed by atoms with Crippen molar-refractivity contribution in [2.75, 3.05) is 53.1 Å². The SMILES string of the molecule is CCNC(=NCC(O)c1ccc(C)cc1)N1CCC(COCCOC)C1.I. The Kier molecular flexibility index (Phi) is 11.9. The van der Waals surface area contributed by atoms with Gasteiger partial charge in [0, 0.05) is 32.7 Å². The number of nitrogens with zero attached hydrogens (tertiary/aromatic N) is 2. The Morgan fingerprint density at radius 1 is 1.33 bits per heavy atom. The van der Waals surface area contributed by atoms with Crippen molar-refractivity contribution in [1.29, 1.82) is 0 Å². The van der Waals surface area contributed by atoms with E-state index in [1.165, 1.54) is 5.56 Å². The molecule has 0 aliphatic carbocycles. The second-order valence-electron chi connectivity index (χ2n) is 6.79. The Balaban J connectivity index is 0.00000364. The zero-order valence-corrected chi connectivity index (χ0v) is 19.0. The monoisotopic (exact) mass is 491 g/mol. The third kappa shape index (κ3) is 8.33. The van der Waals surface area contributed by atoms with Crippen molar-refractivity contribution < 1.29 is 14.6 Å². The predicted octanol–water partition coefficient (Wildman–Crippen LogP) is 2.60. The maximum absolute atomic E-state index is 10.4. The molecule has 0 spiro atoms. The number of ether oxygens (including phenoxy) is 2. The zero-order valence-electron chi connectivity index (χ0n) is 16.7. The van der Waals surface area contributed by atoms with Crippen molar-refractivity contribution in [1.82, 2.24) is 10.2 Å². The summed E-state index contributed by atoms with van der Waals surface area (Å²) in [5.74, 6) is 1.38. The van der Waals surface area contributed by atoms with Crippen molar-refractivity contribution in [3.05, 3.63) is 35.4 Å². The Hall–Kier alpha value is -0.900. The maximum Gasteiger partial charge on any atom is 0.194 e. The summed E-state index contributed by atoms with van der Waals surface area (Å²) in [4.78, 5) is 6.92. The van der Waals surface area contributed by atoms with E-state index in [0.717, 1.165) is 44.2 Å². The average molecular weight is 491 g/mol. The molecule has 0 saturated carbocycles. The highest BCUT2D eigenvalue weighted by Gasteiger charge is 2.25. The quantitative estimate of drug-likeness (QED) is 0.241. The lowest BCUT2D eigenvalue weighted by atomic mass is 10.1. The molecule has 1 aromatic carbocycles. The minimum Gasteiger partial charge on any atom is -0.386 e. The molecule has 2 N–H and O–H groups in total. The Morgan fingerprint density at radius 2 is 2.07 bits per heavy atom. The number of aryl methyl sites for hydroxylation is 1. The lowest BCUT2D eigenvalue weighted by Crippen LogP contribution is -2.40. The summed E-state index contributed by atoms with van der Waals surface area (Å²) in [7, 11) is 1.69. The number of aliphatic imine (C=N–C) groups is 1. The molecule has 1 saturated heterocycles. The minimum atomic E-state index is -0.583. The van der Waals surface area contributed by atoms with Crippen molar-refractivity contribution in [2.24, 2.45) is 10.9 Å². The fourth-order valence-electron chi connectivity index (χ4n) is 3.05. The van der Waals surface area contributed by atoms with Gasteiger partial charge in [0.15, 0.2) is 5.96 Å². The van der Waals surface area contributed by atoms with E-state index in [-0.39, 0.29) is 24.0 Å². The summed E-state index contributed by atoms with van der Waals surface area (Å²) >= 11 is 0. The van der Waals surface area contributed by atoms with E-state index in [1.54, 1.807) is 7.11 Å². The summed E-state index contributed by atoms with van der Waals surface area (Å²) in [5, 5.41) is 13.7. The van der Waals surface area contributed by atoms with Crippen LogP contribution >= 0.6 is 24.0 Å². The van der Waals surface area contributed by atoms with Crippen LogP contribution in [0.15, 0.2) is 29.3 Å². The highest BCUT2D eigenvalue weighted by Crippen LogP contribution is 2.18. The number of nitrogens with one attached hydrogen (secondary N) is 1. The number of rotatable bonds is 9. The standard InChI is InChI=1S/C20H33N3O3.HI/c1-4-21-20(22-13-19(24)18-7-5-16(2)6-8-18)23-10-9-17(14-23)15-26-12-11-25-3;/h5-8,17,19,24H,4,9-15H2,1-3H3,(H,21,22);1H. The van der Waals surface area contributed by atoms with Crippen molar-refractivity contribution in [2.45, 2.75) is 26.4 Å². The molecule has 2 unspecified atom stereocenters. The van der Waals surface area contributed by atoms with Crippen LogP contribution in [0.25, 0.3) is 0 Å². The number of hydrogen-bond donors (Lipinski definition) is 2. The van der Waals surface area contributed by atoms with Crippen molar-refractivity contribution in [3.8, 4) is 0 Å². The fourth-order valence-corrected chi connectivity index (χ4v) is 3.05. The van der Waals surface area contributed by atoms with E-state index >= 15 is 0 Å². The Bertz CT molecular complexity index is 554. The van der Waals surface area contributed by atoms with E-state index < -0.39 is 6.10 Å². The summed E-state index contributed by atoms with van der Waals surface area (Å²) in [6, 6.07) is 7.96. The molecule has 154 valence electrons. The van der Waals surface area contributed by atoms with Crippen LogP contribution < -0.4 is 5.32 Å². The molecular formula is C20H34IN3O3. The molecule has 0 radical (unpaired) electrons. The van der Waals surface area contributed by atoms with Gasteiger partial charge in [0.1, 0.15) is 0 Å². The summed E-state index contributed by atoms with van der Waals surface area (Å²) in [6.45, 7) is 9.20. The fraction of sp³-hybridized carbons (Fsp3) is 0.650. The van der Waals surface area contributed by atoms with E-state index in [4.69, 9.17) is 9.47 Å². The second-order valence-corrected chi connectivity index (χ2v) is 6.79. The number of likely N-dealkylation sites (tertiary alicyclic amines) is 1. The summed E-state index contributed by atoms with van der Waals surface area (Å²) in [6.07, 6.45) is 0.512. The molecular weight excluding hydrogens is 457 g/mol. The molecule has 1 aliphatic rings. The largest absolute Gasteiger partial charge is 0.386 e. The highest BCUT2D eigenvalue weighted by atomic mass is 127. The molecule has 0 bridgehead atoms. The van der Waals surface area contributed by atoms with Crippen LogP contribution in [0, 0.1) is 12.8 Å².